The van der Waals surface area contributed by atoms with E-state index in [0.29, 0.717) is 0 Å². The van der Waals surface area contributed by atoms with Gasteiger partial charge in [0.2, 0.25) is 0 Å². The van der Waals surface area contributed by atoms with Crippen molar-refractivity contribution in [2.45, 2.75) is 104 Å². The lowest BCUT2D eigenvalue weighted by molar-refractivity contribution is 0.332. The number of anilines is 12. The van der Waals surface area contributed by atoms with Gasteiger partial charge in [-0.15, -0.1) is 0 Å². The molecular weight excluding hydrogens is 918 g/mol. The van der Waals surface area contributed by atoms with E-state index in [1.165, 1.54) is 118 Å². The lowest BCUT2D eigenvalue weighted by Crippen LogP contribution is -2.65. The van der Waals surface area contributed by atoms with E-state index in [0.717, 1.165) is 17.8 Å². The first-order chi connectivity index (χ1) is 36.5. The van der Waals surface area contributed by atoms with Gasteiger partial charge in [-0.05, 0) is 181 Å². The van der Waals surface area contributed by atoms with Crippen LogP contribution in [0, 0.1) is 0 Å². The zero-order valence-corrected chi connectivity index (χ0v) is 45.8. The second kappa shape index (κ2) is 16.4. The third kappa shape index (κ3) is 6.91. The third-order valence-corrected chi connectivity index (χ3v) is 17.9. The normalized spacial score (nSPS) is 16.2. The number of nitrogens with zero attached hydrogens (tertiary/aromatic N) is 4. The molecule has 5 aliphatic rings. The maximum atomic E-state index is 2.69. The molecule has 6 heteroatoms. The predicted octanol–water partition coefficient (Wildman–Crippen LogP) is 14.8. The summed E-state index contributed by atoms with van der Waals surface area (Å²) in [5.74, 6) is 0. The molecule has 0 saturated carbocycles. The van der Waals surface area contributed by atoms with Crippen molar-refractivity contribution in [1.29, 1.82) is 0 Å². The predicted molar refractivity (Wildman–Crippen MR) is 327 cm³/mol. The molecule has 0 N–H and O–H groups in total. The Labute approximate surface area is 451 Å². The van der Waals surface area contributed by atoms with Gasteiger partial charge < -0.3 is 19.6 Å². The van der Waals surface area contributed by atoms with Crippen molar-refractivity contribution >= 4 is 114 Å². The quantitative estimate of drug-likeness (QED) is 0.163. The number of hydrogen-bond donors (Lipinski definition) is 0. The summed E-state index contributed by atoms with van der Waals surface area (Å²) in [4.78, 5) is 10.4. The van der Waals surface area contributed by atoms with Crippen LogP contribution in [0.3, 0.4) is 0 Å². The molecule has 4 aliphatic heterocycles. The van der Waals surface area contributed by atoms with Crippen molar-refractivity contribution in [3.63, 3.8) is 0 Å². The van der Waals surface area contributed by atoms with Crippen molar-refractivity contribution in [3.8, 4) is 0 Å². The van der Waals surface area contributed by atoms with Crippen LogP contribution in [0.4, 0.5) is 68.2 Å². The number of fused-ring (bicyclic) bond motifs is 9. The van der Waals surface area contributed by atoms with Crippen LogP contribution in [0.2, 0.25) is 0 Å². The maximum Gasteiger partial charge on any atom is 0.252 e. The van der Waals surface area contributed by atoms with Gasteiger partial charge in [-0.3, -0.25) is 0 Å². The molecule has 0 atom stereocenters. The Balaban J connectivity index is 1.13. The summed E-state index contributed by atoms with van der Waals surface area (Å²) < 4.78 is 0. The summed E-state index contributed by atoms with van der Waals surface area (Å²) in [7, 11) is 0. The number of benzene rings is 9. The Morgan fingerprint density at radius 1 is 0.316 bits per heavy atom. The molecule has 0 fully saturated rings. The second-order valence-electron chi connectivity index (χ2n) is 25.7. The second-order valence-corrected chi connectivity index (χ2v) is 25.7. The Morgan fingerprint density at radius 3 is 1.08 bits per heavy atom. The van der Waals surface area contributed by atoms with Gasteiger partial charge in [0.25, 0.3) is 13.4 Å². The molecule has 372 valence electrons. The van der Waals surface area contributed by atoms with Gasteiger partial charge in [0.05, 0.1) is 0 Å². The molecule has 1 aliphatic carbocycles. The summed E-state index contributed by atoms with van der Waals surface area (Å²) in [6.45, 7) is 23.9. The van der Waals surface area contributed by atoms with E-state index in [2.05, 4.69) is 283 Å². The van der Waals surface area contributed by atoms with Gasteiger partial charge in [-0.25, -0.2) is 0 Å². The average Bonchev–Trinajstić information content (AvgIpc) is 3.52. The molecule has 0 unspecified atom stereocenters. The first-order valence-corrected chi connectivity index (χ1v) is 27.7. The van der Waals surface area contributed by atoms with E-state index in [4.69, 9.17) is 0 Å². The van der Waals surface area contributed by atoms with Crippen molar-refractivity contribution in [2.24, 2.45) is 0 Å². The summed E-state index contributed by atoms with van der Waals surface area (Å²) in [5, 5.41) is 0. The van der Waals surface area contributed by atoms with Crippen molar-refractivity contribution in [3.05, 3.63) is 216 Å². The molecule has 0 bridgehead atoms. The minimum atomic E-state index is -0.137. The SMILES string of the molecule is CC(C)(C)c1cc2c3c(c1)N(c1ccccc1)c1cc4c(cc1B3c1ccccc1N2c1ccccc1)B1c2ccccc2N(c2ccccc2)c2cc(C(C)(C)C)cc(c21)N4c1ccc2c(c1)C(C)(C)CCC2(C)C. The fourth-order valence-corrected chi connectivity index (χ4v) is 13.8. The zero-order chi connectivity index (χ0) is 52.2. The van der Waals surface area contributed by atoms with Crippen LogP contribution < -0.4 is 52.4 Å². The average molecular weight is 985 g/mol. The molecule has 0 saturated heterocycles. The van der Waals surface area contributed by atoms with Crippen molar-refractivity contribution < 1.29 is 0 Å². The first kappa shape index (κ1) is 46.8. The highest BCUT2D eigenvalue weighted by atomic mass is 15.2. The Bertz CT molecular complexity index is 3830. The number of hydrogen-bond acceptors (Lipinski definition) is 4. The van der Waals surface area contributed by atoms with Crippen LogP contribution >= 0.6 is 0 Å². The molecule has 9 aromatic rings. The van der Waals surface area contributed by atoms with Gasteiger partial charge in [0.15, 0.2) is 0 Å². The van der Waals surface area contributed by atoms with E-state index >= 15 is 0 Å². The van der Waals surface area contributed by atoms with E-state index in [-0.39, 0.29) is 35.1 Å². The van der Waals surface area contributed by atoms with Gasteiger partial charge in [0, 0.05) is 68.2 Å². The van der Waals surface area contributed by atoms with Gasteiger partial charge in [-0.1, -0.05) is 172 Å². The Morgan fingerprint density at radius 2 is 0.671 bits per heavy atom. The highest BCUT2D eigenvalue weighted by Crippen LogP contribution is 2.53. The molecule has 0 radical (unpaired) electrons. The maximum absolute atomic E-state index is 2.69. The van der Waals surface area contributed by atoms with Crippen molar-refractivity contribution in [1.82, 2.24) is 0 Å². The monoisotopic (exact) mass is 985 g/mol. The molecule has 4 nitrogen and oxygen atoms in total. The zero-order valence-electron chi connectivity index (χ0n) is 45.8. The molecule has 9 aromatic carbocycles. The lowest BCUT2D eigenvalue weighted by Gasteiger charge is -2.48. The van der Waals surface area contributed by atoms with E-state index in [1.807, 2.05) is 0 Å². The number of para-hydroxylation sites is 5. The largest absolute Gasteiger partial charge is 0.311 e. The van der Waals surface area contributed by atoms with E-state index < -0.39 is 0 Å². The highest BCUT2D eigenvalue weighted by Gasteiger charge is 2.49. The smallest absolute Gasteiger partial charge is 0.252 e. The van der Waals surface area contributed by atoms with Crippen LogP contribution in [-0.2, 0) is 21.7 Å². The van der Waals surface area contributed by atoms with Gasteiger partial charge in [0.1, 0.15) is 0 Å². The Hall–Kier alpha value is -7.69. The summed E-state index contributed by atoms with van der Waals surface area (Å²) >= 11 is 0. The number of rotatable bonds is 4. The van der Waals surface area contributed by atoms with Crippen LogP contribution in [0.25, 0.3) is 0 Å². The van der Waals surface area contributed by atoms with Crippen LogP contribution in [0.15, 0.2) is 194 Å². The molecule has 0 spiro atoms. The van der Waals surface area contributed by atoms with Gasteiger partial charge in [-0.2, -0.15) is 0 Å². The summed E-state index contributed by atoms with van der Waals surface area (Å²) in [6.07, 6.45) is 2.32. The molecule has 76 heavy (non-hydrogen) atoms. The third-order valence-electron chi connectivity index (χ3n) is 17.9. The van der Waals surface area contributed by atoms with E-state index in [1.54, 1.807) is 0 Å². The standard InChI is InChI=1S/C70H66B2N4/c1-67(2,3)45-38-61-65-63(40-45)75(49-28-18-13-19-29-49)59-44-60-56(43-55(59)71(65)53-30-20-22-32-57(53)73(61)47-24-14-11-15-25-47)72-54-31-21-23-33-58(54)74(48-26-16-12-17-27-48)62-39-46(68(4,5)6)41-64(66(62)72)76(60)50-34-35-51-52(42-50)70(9,10)37-36-69(51,7)8/h11-35,38-44H,36-37H2,1-10H3. The molecule has 0 aromatic heterocycles. The fourth-order valence-electron chi connectivity index (χ4n) is 13.8. The first-order valence-electron chi connectivity index (χ1n) is 27.7. The minimum Gasteiger partial charge on any atom is -0.311 e. The summed E-state index contributed by atoms with van der Waals surface area (Å²) in [6, 6.07) is 74.7. The molecule has 14 rings (SSSR count). The van der Waals surface area contributed by atoms with Crippen molar-refractivity contribution in [2.75, 3.05) is 19.6 Å². The van der Waals surface area contributed by atoms with Gasteiger partial charge >= 0.3 is 0 Å². The highest BCUT2D eigenvalue weighted by molar-refractivity contribution is 7.03. The van der Waals surface area contributed by atoms with Crippen LogP contribution in [-0.4, -0.2) is 13.4 Å². The van der Waals surface area contributed by atoms with E-state index in [9.17, 15) is 0 Å². The lowest BCUT2D eigenvalue weighted by atomic mass is 9.30. The fraction of sp³-hybridized carbons (Fsp3) is 0.229. The Kier molecular flexibility index (Phi) is 10.1. The van der Waals surface area contributed by atoms with Crippen LogP contribution in [0.1, 0.15) is 104 Å². The molecular formula is C70H66B2N4. The van der Waals surface area contributed by atoms with Crippen LogP contribution in [0.5, 0.6) is 0 Å². The molecule has 0 amide bonds. The topological polar surface area (TPSA) is 13.0 Å². The minimum absolute atomic E-state index is 0.0197. The summed E-state index contributed by atoms with van der Waals surface area (Å²) in [5.41, 5.74) is 28.0. The molecule has 4 heterocycles.